The highest BCUT2D eigenvalue weighted by Gasteiger charge is 2.08. The quantitative estimate of drug-likeness (QED) is 0.645. The largest absolute Gasteiger partial charge is 0.365 e. The van der Waals surface area contributed by atoms with Gasteiger partial charge in [0.15, 0.2) is 0 Å². The molecule has 0 saturated heterocycles. The molecule has 58 valence electrons. The average molecular weight is 175 g/mol. The fraction of sp³-hybridized carbons (Fsp3) is 0. The highest BCUT2D eigenvalue weighted by Crippen LogP contribution is 2.08. The van der Waals surface area contributed by atoms with Crippen LogP contribution < -0.4 is 5.73 Å². The normalized spacial score (nSPS) is 9.64. The summed E-state index contributed by atoms with van der Waals surface area (Å²) in [5, 5.41) is -0.00694. The lowest BCUT2D eigenvalue weighted by Crippen LogP contribution is -2.13. The van der Waals surface area contributed by atoms with E-state index >= 15 is 0 Å². The van der Waals surface area contributed by atoms with Gasteiger partial charge in [-0.15, -0.1) is 0 Å². The maximum Gasteiger partial charge on any atom is 0.253 e. The van der Waals surface area contributed by atoms with Gasteiger partial charge >= 0.3 is 0 Å². The minimum Gasteiger partial charge on any atom is -0.365 e. The molecule has 0 fully saturated rings. The highest BCUT2D eigenvalue weighted by atomic mass is 35.5. The van der Waals surface area contributed by atoms with Crippen molar-refractivity contribution in [1.29, 1.82) is 0 Å². The van der Waals surface area contributed by atoms with Crippen LogP contribution in [0.5, 0.6) is 0 Å². The van der Waals surface area contributed by atoms with Crippen molar-refractivity contribution in [3.63, 3.8) is 0 Å². The summed E-state index contributed by atoms with van der Waals surface area (Å²) < 4.78 is 12.6. The van der Waals surface area contributed by atoms with Gasteiger partial charge in [0, 0.05) is 0 Å². The van der Waals surface area contributed by atoms with Gasteiger partial charge in [-0.3, -0.25) is 4.79 Å². The Morgan fingerprint density at radius 1 is 1.64 bits per heavy atom. The first kappa shape index (κ1) is 7.94. The molecule has 5 heteroatoms. The number of rotatable bonds is 1. The van der Waals surface area contributed by atoms with Crippen LogP contribution in [0.15, 0.2) is 12.1 Å². The highest BCUT2D eigenvalue weighted by molar-refractivity contribution is 6.29. The molecule has 0 aliphatic rings. The third-order valence-corrected chi connectivity index (χ3v) is 1.29. The fourth-order valence-corrected chi connectivity index (χ4v) is 0.733. The molecule has 2 N–H and O–H groups in total. The fourth-order valence-electron chi connectivity index (χ4n) is 0.596. The smallest absolute Gasteiger partial charge is 0.253 e. The Bertz CT molecular complexity index is 303. The molecular weight excluding hydrogens is 171 g/mol. The summed E-state index contributed by atoms with van der Waals surface area (Å²) in [5.74, 6) is -1.79. The Morgan fingerprint density at radius 2 is 2.27 bits per heavy atom. The number of primary amides is 1. The van der Waals surface area contributed by atoms with E-state index in [1.807, 2.05) is 0 Å². The molecule has 0 aliphatic carbocycles. The molecule has 1 rings (SSSR count). The number of carbonyl (C=O) groups is 1. The van der Waals surface area contributed by atoms with Crippen molar-refractivity contribution in [2.24, 2.45) is 5.73 Å². The third-order valence-electron chi connectivity index (χ3n) is 1.08. The topological polar surface area (TPSA) is 56.0 Å². The summed E-state index contributed by atoms with van der Waals surface area (Å²) in [5.41, 5.74) is 4.55. The first-order chi connectivity index (χ1) is 5.11. The zero-order valence-electron chi connectivity index (χ0n) is 5.34. The lowest BCUT2D eigenvalue weighted by Gasteiger charge is -1.95. The molecule has 1 aromatic heterocycles. The van der Waals surface area contributed by atoms with E-state index < -0.39 is 11.9 Å². The predicted octanol–water partition coefficient (Wildman–Crippen LogP) is 0.973. The summed E-state index contributed by atoms with van der Waals surface area (Å²) in [4.78, 5) is 13.6. The van der Waals surface area contributed by atoms with Gasteiger partial charge in [0.2, 0.25) is 5.95 Å². The van der Waals surface area contributed by atoms with Crippen molar-refractivity contribution in [3.8, 4) is 0 Å². The summed E-state index contributed by atoms with van der Waals surface area (Å²) in [6.07, 6.45) is 0. The molecule has 0 unspecified atom stereocenters. The second-order valence-corrected chi connectivity index (χ2v) is 2.22. The van der Waals surface area contributed by atoms with E-state index in [-0.39, 0.29) is 10.7 Å². The molecule has 1 heterocycles. The number of hydrogen-bond acceptors (Lipinski definition) is 2. The number of carbonyl (C=O) groups excluding carboxylic acids is 1. The van der Waals surface area contributed by atoms with Crippen LogP contribution in [0.4, 0.5) is 4.39 Å². The summed E-state index contributed by atoms with van der Waals surface area (Å²) in [6, 6.07) is 2.48. The number of hydrogen-bond donors (Lipinski definition) is 1. The van der Waals surface area contributed by atoms with Crippen molar-refractivity contribution in [1.82, 2.24) is 4.98 Å². The molecule has 0 spiro atoms. The summed E-state index contributed by atoms with van der Waals surface area (Å²) in [7, 11) is 0. The molecule has 1 amide bonds. The number of nitrogens with two attached hydrogens (primary N) is 1. The van der Waals surface area contributed by atoms with Crippen molar-refractivity contribution in [2.45, 2.75) is 0 Å². The Morgan fingerprint density at radius 3 is 2.73 bits per heavy atom. The van der Waals surface area contributed by atoms with E-state index in [1.165, 1.54) is 12.1 Å². The molecule has 0 aromatic carbocycles. The van der Waals surface area contributed by atoms with E-state index in [0.29, 0.717) is 0 Å². The summed E-state index contributed by atoms with van der Waals surface area (Å²) >= 11 is 5.32. The van der Waals surface area contributed by atoms with Crippen LogP contribution in [0.2, 0.25) is 5.15 Å². The van der Waals surface area contributed by atoms with Gasteiger partial charge in [-0.1, -0.05) is 11.6 Å². The van der Waals surface area contributed by atoms with Crippen LogP contribution in [0.1, 0.15) is 10.4 Å². The van der Waals surface area contributed by atoms with Crippen LogP contribution >= 0.6 is 11.6 Å². The van der Waals surface area contributed by atoms with Crippen LogP contribution in [0, 0.1) is 5.95 Å². The van der Waals surface area contributed by atoms with E-state index in [2.05, 4.69) is 4.98 Å². The molecule has 3 nitrogen and oxygen atoms in total. The minimum atomic E-state index is -0.940. The summed E-state index contributed by atoms with van der Waals surface area (Å²) in [6.45, 7) is 0. The standard InChI is InChI=1S/C6H4ClFN2O/c7-4-2-1-3(6(9)11)5(8)10-4/h1-2H,(H2,9,11). The SMILES string of the molecule is NC(=O)c1ccc(Cl)nc1F. The Hall–Kier alpha value is -1.16. The third kappa shape index (κ3) is 1.65. The second kappa shape index (κ2) is 2.84. The number of nitrogens with zero attached hydrogens (tertiary/aromatic N) is 1. The maximum absolute atomic E-state index is 12.6. The van der Waals surface area contributed by atoms with E-state index in [0.717, 1.165) is 0 Å². The van der Waals surface area contributed by atoms with E-state index in [1.54, 1.807) is 0 Å². The van der Waals surface area contributed by atoms with Gasteiger partial charge in [0.25, 0.3) is 5.91 Å². The zero-order valence-corrected chi connectivity index (χ0v) is 6.10. The van der Waals surface area contributed by atoms with Gasteiger partial charge < -0.3 is 5.73 Å². The van der Waals surface area contributed by atoms with Crippen LogP contribution in [0.3, 0.4) is 0 Å². The van der Waals surface area contributed by atoms with Crippen molar-refractivity contribution < 1.29 is 9.18 Å². The van der Waals surface area contributed by atoms with Gasteiger partial charge in [0.1, 0.15) is 5.15 Å². The van der Waals surface area contributed by atoms with Crippen LogP contribution in [-0.2, 0) is 0 Å². The molecule has 0 bridgehead atoms. The molecule has 0 radical (unpaired) electrons. The monoisotopic (exact) mass is 174 g/mol. The average Bonchev–Trinajstić information content (AvgIpc) is 1.85. The van der Waals surface area contributed by atoms with E-state index in [4.69, 9.17) is 17.3 Å². The molecular formula is C6H4ClFN2O. The van der Waals surface area contributed by atoms with E-state index in [9.17, 15) is 9.18 Å². The van der Waals surface area contributed by atoms with Gasteiger partial charge in [-0.25, -0.2) is 4.98 Å². The lowest BCUT2D eigenvalue weighted by atomic mass is 10.3. The lowest BCUT2D eigenvalue weighted by molar-refractivity contribution is 0.0995. The first-order valence-corrected chi connectivity index (χ1v) is 3.11. The number of halogens is 2. The Kier molecular flexibility index (Phi) is 2.05. The predicted molar refractivity (Wildman–Crippen MR) is 37.7 cm³/mol. The molecule has 0 saturated carbocycles. The van der Waals surface area contributed by atoms with Crippen LogP contribution in [0.25, 0.3) is 0 Å². The molecule has 0 aliphatic heterocycles. The first-order valence-electron chi connectivity index (χ1n) is 2.73. The van der Waals surface area contributed by atoms with Gasteiger partial charge in [-0.05, 0) is 12.1 Å². The maximum atomic E-state index is 12.6. The van der Waals surface area contributed by atoms with Gasteiger partial charge in [-0.2, -0.15) is 4.39 Å². The number of amides is 1. The Labute approximate surface area is 67.0 Å². The van der Waals surface area contributed by atoms with Crippen LogP contribution in [-0.4, -0.2) is 10.9 Å². The van der Waals surface area contributed by atoms with Crippen molar-refractivity contribution >= 4 is 17.5 Å². The second-order valence-electron chi connectivity index (χ2n) is 1.84. The van der Waals surface area contributed by atoms with Crippen molar-refractivity contribution in [2.75, 3.05) is 0 Å². The number of aromatic nitrogens is 1. The number of pyridine rings is 1. The zero-order chi connectivity index (χ0) is 8.43. The van der Waals surface area contributed by atoms with Gasteiger partial charge in [0.05, 0.1) is 5.56 Å². The molecule has 0 atom stereocenters. The molecule has 11 heavy (non-hydrogen) atoms. The van der Waals surface area contributed by atoms with Crippen molar-refractivity contribution in [3.05, 3.63) is 28.8 Å². The minimum absolute atomic E-state index is 0.00694. The Balaban J connectivity index is 3.20. The molecule has 1 aromatic rings.